The Bertz CT molecular complexity index is 400. The summed E-state index contributed by atoms with van der Waals surface area (Å²) in [5.41, 5.74) is 1.43. The quantitative estimate of drug-likeness (QED) is 0.831. The summed E-state index contributed by atoms with van der Waals surface area (Å²) in [4.78, 5) is 15.9. The Morgan fingerprint density at radius 3 is 2.88 bits per heavy atom. The van der Waals surface area contributed by atoms with Gasteiger partial charge in [0.05, 0.1) is 13.2 Å². The number of rotatable bonds is 3. The number of nitrogens with zero attached hydrogens (tertiary/aromatic N) is 1. The summed E-state index contributed by atoms with van der Waals surface area (Å²) in [5.74, 6) is -0.114. The smallest absolute Gasteiger partial charge is 0.269 e. The number of aryl methyl sites for hydroxylation is 1. The van der Waals surface area contributed by atoms with Gasteiger partial charge in [-0.2, -0.15) is 0 Å². The van der Waals surface area contributed by atoms with Gasteiger partial charge in [0.15, 0.2) is 0 Å². The second-order valence-corrected chi connectivity index (χ2v) is 4.65. The predicted molar refractivity (Wildman–Crippen MR) is 60.2 cm³/mol. The molecule has 4 heteroatoms. The van der Waals surface area contributed by atoms with Crippen molar-refractivity contribution in [3.8, 4) is 0 Å². The molecule has 1 amide bonds. The zero-order chi connectivity index (χ0) is 11.6. The normalized spacial score (nSPS) is 17.6. The highest BCUT2D eigenvalue weighted by Crippen LogP contribution is 2.25. The van der Waals surface area contributed by atoms with Gasteiger partial charge in [-0.3, -0.25) is 4.79 Å². The maximum Gasteiger partial charge on any atom is 0.269 e. The van der Waals surface area contributed by atoms with Crippen LogP contribution in [0.3, 0.4) is 0 Å². The lowest BCUT2D eigenvalue weighted by Gasteiger charge is -2.37. The molecule has 0 radical (unpaired) electrons. The molecule has 1 saturated heterocycles. The second kappa shape index (κ2) is 4.22. The third-order valence-electron chi connectivity index (χ3n) is 2.70. The molecule has 1 N–H and O–H groups in total. The number of hydrogen-bond acceptors (Lipinski definition) is 3. The number of ether oxygens (including phenoxy) is 1. The first-order chi connectivity index (χ1) is 7.59. The zero-order valence-electron chi connectivity index (χ0n) is 9.62. The van der Waals surface area contributed by atoms with Gasteiger partial charge < -0.3 is 10.1 Å². The van der Waals surface area contributed by atoms with E-state index in [4.69, 9.17) is 4.74 Å². The fourth-order valence-electron chi connectivity index (χ4n) is 1.61. The molecule has 1 aromatic heterocycles. The van der Waals surface area contributed by atoms with Crippen LogP contribution in [0.5, 0.6) is 0 Å². The number of carbonyl (C=O) groups excluding carboxylic acids is 1. The van der Waals surface area contributed by atoms with Crippen LogP contribution in [0.4, 0.5) is 0 Å². The van der Waals surface area contributed by atoms with Crippen molar-refractivity contribution in [1.29, 1.82) is 0 Å². The van der Waals surface area contributed by atoms with E-state index >= 15 is 0 Å². The Morgan fingerprint density at radius 1 is 1.56 bits per heavy atom. The number of aromatic nitrogens is 1. The Morgan fingerprint density at radius 2 is 2.31 bits per heavy atom. The number of hydrogen-bond donors (Lipinski definition) is 1. The van der Waals surface area contributed by atoms with Crippen LogP contribution in [0, 0.1) is 12.3 Å². The molecule has 1 fully saturated rings. The number of nitrogens with one attached hydrogen (secondary N) is 1. The molecule has 1 aromatic rings. The standard InChI is InChI=1S/C12H16N2O2/c1-9-4-3-5-10(14-9)11(15)13-6-12(2)7-16-8-12/h3-5H,6-8H2,1-2H3,(H,13,15). The monoisotopic (exact) mass is 220 g/mol. The summed E-state index contributed by atoms with van der Waals surface area (Å²) in [6.45, 7) is 6.04. The molecule has 1 aliphatic rings. The predicted octanol–water partition coefficient (Wildman–Crippen LogP) is 1.16. The van der Waals surface area contributed by atoms with E-state index in [1.165, 1.54) is 0 Å². The molecule has 0 bridgehead atoms. The van der Waals surface area contributed by atoms with E-state index in [2.05, 4.69) is 17.2 Å². The highest BCUT2D eigenvalue weighted by Gasteiger charge is 2.33. The minimum Gasteiger partial charge on any atom is -0.380 e. The first-order valence-corrected chi connectivity index (χ1v) is 5.39. The SMILES string of the molecule is Cc1cccc(C(=O)NCC2(C)COC2)n1. The summed E-state index contributed by atoms with van der Waals surface area (Å²) in [6.07, 6.45) is 0. The van der Waals surface area contributed by atoms with Gasteiger partial charge >= 0.3 is 0 Å². The molecule has 16 heavy (non-hydrogen) atoms. The van der Waals surface area contributed by atoms with Gasteiger partial charge in [0.2, 0.25) is 0 Å². The average molecular weight is 220 g/mol. The lowest BCUT2D eigenvalue weighted by molar-refractivity contribution is -0.0978. The van der Waals surface area contributed by atoms with Crippen LogP contribution in [-0.2, 0) is 4.74 Å². The average Bonchev–Trinajstić information content (AvgIpc) is 2.23. The van der Waals surface area contributed by atoms with Gasteiger partial charge in [0.1, 0.15) is 5.69 Å². The third kappa shape index (κ3) is 2.39. The summed E-state index contributed by atoms with van der Waals surface area (Å²) >= 11 is 0. The molecule has 4 nitrogen and oxygen atoms in total. The molecule has 86 valence electrons. The van der Waals surface area contributed by atoms with Gasteiger partial charge in [-0.25, -0.2) is 4.98 Å². The van der Waals surface area contributed by atoms with Crippen molar-refractivity contribution in [1.82, 2.24) is 10.3 Å². The van der Waals surface area contributed by atoms with Crippen LogP contribution in [0.2, 0.25) is 0 Å². The van der Waals surface area contributed by atoms with E-state index in [9.17, 15) is 4.79 Å². The number of pyridine rings is 1. The van der Waals surface area contributed by atoms with E-state index in [1.807, 2.05) is 19.1 Å². The Kier molecular flexibility index (Phi) is 2.92. The number of carbonyl (C=O) groups is 1. The molecule has 0 spiro atoms. The second-order valence-electron chi connectivity index (χ2n) is 4.65. The molecular weight excluding hydrogens is 204 g/mol. The van der Waals surface area contributed by atoms with E-state index in [-0.39, 0.29) is 11.3 Å². The summed E-state index contributed by atoms with van der Waals surface area (Å²) in [7, 11) is 0. The first kappa shape index (κ1) is 11.1. The summed E-state index contributed by atoms with van der Waals surface area (Å²) in [5, 5.41) is 2.89. The molecular formula is C12H16N2O2. The minimum absolute atomic E-state index is 0.0967. The first-order valence-electron chi connectivity index (χ1n) is 5.39. The van der Waals surface area contributed by atoms with Gasteiger partial charge in [0, 0.05) is 17.7 Å². The molecule has 2 rings (SSSR count). The van der Waals surface area contributed by atoms with E-state index in [0.29, 0.717) is 25.5 Å². The lowest BCUT2D eigenvalue weighted by atomic mass is 9.89. The molecule has 0 aromatic carbocycles. The van der Waals surface area contributed by atoms with Gasteiger partial charge in [0.25, 0.3) is 5.91 Å². The van der Waals surface area contributed by atoms with Crippen LogP contribution < -0.4 is 5.32 Å². The van der Waals surface area contributed by atoms with E-state index < -0.39 is 0 Å². The van der Waals surface area contributed by atoms with Crippen LogP contribution in [0.15, 0.2) is 18.2 Å². The van der Waals surface area contributed by atoms with E-state index in [1.54, 1.807) is 6.07 Å². The maximum absolute atomic E-state index is 11.8. The van der Waals surface area contributed by atoms with Gasteiger partial charge in [-0.15, -0.1) is 0 Å². The van der Waals surface area contributed by atoms with Crippen molar-refractivity contribution in [2.24, 2.45) is 5.41 Å². The topological polar surface area (TPSA) is 51.2 Å². The highest BCUT2D eigenvalue weighted by atomic mass is 16.5. The summed E-state index contributed by atoms with van der Waals surface area (Å²) in [6, 6.07) is 5.44. The fraction of sp³-hybridized carbons (Fsp3) is 0.500. The summed E-state index contributed by atoms with van der Waals surface area (Å²) < 4.78 is 5.13. The van der Waals surface area contributed by atoms with Crippen molar-refractivity contribution in [3.63, 3.8) is 0 Å². The van der Waals surface area contributed by atoms with Crippen LogP contribution in [-0.4, -0.2) is 30.6 Å². The van der Waals surface area contributed by atoms with Gasteiger partial charge in [-0.1, -0.05) is 13.0 Å². The van der Waals surface area contributed by atoms with Crippen molar-refractivity contribution in [2.45, 2.75) is 13.8 Å². The van der Waals surface area contributed by atoms with Crippen LogP contribution in [0.1, 0.15) is 23.1 Å². The Balaban J connectivity index is 1.93. The highest BCUT2D eigenvalue weighted by molar-refractivity contribution is 5.92. The van der Waals surface area contributed by atoms with Crippen LogP contribution in [0.25, 0.3) is 0 Å². The van der Waals surface area contributed by atoms with Crippen molar-refractivity contribution < 1.29 is 9.53 Å². The fourth-order valence-corrected chi connectivity index (χ4v) is 1.61. The molecule has 0 aliphatic carbocycles. The third-order valence-corrected chi connectivity index (χ3v) is 2.70. The Hall–Kier alpha value is -1.42. The molecule has 0 saturated carbocycles. The minimum atomic E-state index is -0.114. The van der Waals surface area contributed by atoms with Gasteiger partial charge in [-0.05, 0) is 19.1 Å². The Labute approximate surface area is 95.0 Å². The largest absolute Gasteiger partial charge is 0.380 e. The van der Waals surface area contributed by atoms with Crippen molar-refractivity contribution in [2.75, 3.05) is 19.8 Å². The van der Waals surface area contributed by atoms with Crippen LogP contribution >= 0.6 is 0 Å². The van der Waals surface area contributed by atoms with E-state index in [0.717, 1.165) is 5.69 Å². The maximum atomic E-state index is 11.8. The molecule has 1 aliphatic heterocycles. The zero-order valence-corrected chi connectivity index (χ0v) is 9.62. The molecule has 0 atom stereocenters. The van der Waals surface area contributed by atoms with Crippen molar-refractivity contribution in [3.05, 3.63) is 29.6 Å². The molecule has 0 unspecified atom stereocenters. The number of amides is 1. The lowest BCUT2D eigenvalue weighted by Crippen LogP contribution is -2.48. The van der Waals surface area contributed by atoms with Crippen molar-refractivity contribution >= 4 is 5.91 Å². The molecule has 2 heterocycles.